The molecule has 2 saturated heterocycles. The van der Waals surface area contributed by atoms with Crippen LogP contribution in [0.2, 0.25) is 10.0 Å². The lowest BCUT2D eigenvalue weighted by Crippen LogP contribution is -2.53. The van der Waals surface area contributed by atoms with Gasteiger partial charge in [0.2, 0.25) is 11.8 Å². The maximum atomic E-state index is 15.2. The summed E-state index contributed by atoms with van der Waals surface area (Å²) in [5.41, 5.74) is 0.756. The molecular weight excluding hydrogens is 712 g/mol. The van der Waals surface area contributed by atoms with E-state index in [9.17, 15) is 32.7 Å². The summed E-state index contributed by atoms with van der Waals surface area (Å²) in [4.78, 5) is 62.5. The molecule has 0 unspecified atom stereocenters. The zero-order valence-corrected chi connectivity index (χ0v) is 28.7. The van der Waals surface area contributed by atoms with Crippen LogP contribution >= 0.6 is 23.2 Å². The number of carbonyl (C=O) groups is 4. The van der Waals surface area contributed by atoms with Gasteiger partial charge >= 0.3 is 6.18 Å². The molecule has 10 nitrogen and oxygen atoms in total. The number of aromatic hydroxyl groups is 1. The molecule has 15 heteroatoms. The third-order valence-electron chi connectivity index (χ3n) is 10.6. The van der Waals surface area contributed by atoms with E-state index in [1.165, 1.54) is 18.1 Å². The number of imide groups is 2. The van der Waals surface area contributed by atoms with Crippen LogP contribution in [0.4, 0.5) is 19.0 Å². The topological polar surface area (TPSA) is 129 Å². The molecule has 4 amide bonds. The first-order valence-corrected chi connectivity index (χ1v) is 17.1. The summed E-state index contributed by atoms with van der Waals surface area (Å²) in [7, 11) is 1.39. The second-order valence-electron chi connectivity index (χ2n) is 13.1. The average Bonchev–Trinajstić information content (AvgIpc) is 3.46. The van der Waals surface area contributed by atoms with Gasteiger partial charge in [0.1, 0.15) is 11.5 Å². The van der Waals surface area contributed by atoms with Crippen molar-refractivity contribution < 1.29 is 42.2 Å². The lowest BCUT2D eigenvalue weighted by molar-refractivity contribution is -0.141. The molecule has 0 radical (unpaired) electrons. The first-order valence-electron chi connectivity index (χ1n) is 16.3. The normalized spacial score (nSPS) is 27.3. The summed E-state index contributed by atoms with van der Waals surface area (Å²) < 4.78 is 46.0. The fraction of sp³-hybridized carbons (Fsp3) is 0.361. The van der Waals surface area contributed by atoms with Crippen molar-refractivity contribution >= 4 is 52.6 Å². The number of likely N-dealkylation sites (tertiary alicyclic amines) is 1. The summed E-state index contributed by atoms with van der Waals surface area (Å²) in [6.45, 7) is 2.09. The fourth-order valence-corrected chi connectivity index (χ4v) is 8.94. The van der Waals surface area contributed by atoms with Gasteiger partial charge in [-0.1, -0.05) is 60.0 Å². The van der Waals surface area contributed by atoms with E-state index in [2.05, 4.69) is 10.4 Å². The quantitative estimate of drug-likeness (QED) is 0.207. The molecule has 7 rings (SSSR count). The largest absolute Gasteiger partial charge is 0.508 e. The summed E-state index contributed by atoms with van der Waals surface area (Å²) in [6, 6.07) is 11.5. The van der Waals surface area contributed by atoms with Crippen LogP contribution in [0.3, 0.4) is 0 Å². The van der Waals surface area contributed by atoms with Crippen LogP contribution in [0, 0.1) is 23.7 Å². The number of aromatic nitrogens is 1. The maximum Gasteiger partial charge on any atom is 0.417 e. The van der Waals surface area contributed by atoms with Crippen molar-refractivity contribution in [1.29, 1.82) is 0 Å². The summed E-state index contributed by atoms with van der Waals surface area (Å²) in [6.07, 6.45) is -1.70. The van der Waals surface area contributed by atoms with Crippen molar-refractivity contribution in [1.82, 2.24) is 14.9 Å². The number of halogens is 5. The number of nitrogens with one attached hydrogen (secondary N) is 1. The molecule has 3 heterocycles. The average molecular weight is 744 g/mol. The van der Waals surface area contributed by atoms with Gasteiger partial charge in [-0.15, -0.1) is 0 Å². The van der Waals surface area contributed by atoms with Crippen LogP contribution in [0.25, 0.3) is 0 Å². The van der Waals surface area contributed by atoms with Crippen molar-refractivity contribution in [2.45, 2.75) is 43.7 Å². The minimum atomic E-state index is -4.75. The molecule has 0 bridgehead atoms. The fourth-order valence-electron chi connectivity index (χ4n) is 8.61. The lowest BCUT2D eigenvalue weighted by atomic mass is 9.49. The Morgan fingerprint density at radius 2 is 1.76 bits per heavy atom. The van der Waals surface area contributed by atoms with Crippen molar-refractivity contribution in [2.24, 2.45) is 23.7 Å². The molecule has 1 saturated carbocycles. The van der Waals surface area contributed by atoms with E-state index >= 15 is 4.79 Å². The van der Waals surface area contributed by atoms with Crippen LogP contribution in [0.5, 0.6) is 11.5 Å². The van der Waals surface area contributed by atoms with Gasteiger partial charge in [0.05, 0.1) is 40.9 Å². The zero-order valence-electron chi connectivity index (χ0n) is 27.2. The number of rotatable bonds is 7. The predicted octanol–water partition coefficient (Wildman–Crippen LogP) is 6.52. The maximum absolute atomic E-state index is 15.2. The molecule has 3 fully saturated rings. The molecule has 2 aliphatic heterocycles. The molecule has 51 heavy (non-hydrogen) atoms. The number of anilines is 1. The van der Waals surface area contributed by atoms with Gasteiger partial charge in [-0.3, -0.25) is 29.5 Å². The van der Waals surface area contributed by atoms with Crippen molar-refractivity contribution in [3.05, 3.63) is 93.1 Å². The Morgan fingerprint density at radius 1 is 1.04 bits per heavy atom. The molecule has 6 atom stereocenters. The molecule has 2 aromatic carbocycles. The number of phenolic OH excluding ortho intramolecular Hbond substituents is 1. The zero-order chi connectivity index (χ0) is 36.6. The van der Waals surface area contributed by atoms with E-state index < -0.39 is 63.6 Å². The smallest absolute Gasteiger partial charge is 0.417 e. The van der Waals surface area contributed by atoms with E-state index in [4.69, 9.17) is 27.9 Å². The number of phenols is 1. The standard InChI is InChI=1S/C36H31Cl2F3N4O6/c1-3-13-44-31(47)21-12-11-20-22(27(21)33(44)49)15-23-32(48)45(43-30-24(38)14-18(16-42-30)36(39,40)41)34(50)35(23,17-7-9-19(37)10-8-17)29(20)28-25(46)5-4-6-26(28)51-2/h4-11,14,16,21-23,27,29,46H,3,12-13,15H2,1-2H3,(H,42,43)/t21-,22+,23-,27-,29+,35+/m0/s1. The molecule has 1 aromatic heterocycles. The van der Waals surface area contributed by atoms with Gasteiger partial charge in [0.25, 0.3) is 11.8 Å². The molecule has 3 aromatic rings. The SMILES string of the molecule is CCCN1C(=O)[C@H]2[C@H](CC=C3[C@H]2C[C@H]2C(=O)N(Nc4ncc(C(F)(F)F)cc4Cl)C(=O)[C@@]2(c2ccc(Cl)cc2)[C@H]3c2c(O)cccc2OC)C1=O. The van der Waals surface area contributed by atoms with E-state index in [1.807, 2.05) is 13.0 Å². The van der Waals surface area contributed by atoms with Gasteiger partial charge in [0, 0.05) is 29.2 Å². The minimum Gasteiger partial charge on any atom is -0.508 e. The number of hydrogen-bond donors (Lipinski definition) is 2. The Bertz CT molecular complexity index is 2010. The molecular formula is C36H31Cl2F3N4O6. The highest BCUT2D eigenvalue weighted by atomic mass is 35.5. The van der Waals surface area contributed by atoms with Crippen molar-refractivity contribution in [3.63, 3.8) is 0 Å². The van der Waals surface area contributed by atoms with Gasteiger partial charge in [-0.05, 0) is 61.1 Å². The summed E-state index contributed by atoms with van der Waals surface area (Å²) in [5.74, 6) is -7.20. The highest BCUT2D eigenvalue weighted by Gasteiger charge is 2.71. The molecule has 2 N–H and O–H groups in total. The Morgan fingerprint density at radius 3 is 2.41 bits per heavy atom. The van der Waals surface area contributed by atoms with Crippen molar-refractivity contribution in [3.8, 4) is 11.5 Å². The van der Waals surface area contributed by atoms with Gasteiger partial charge in [0.15, 0.2) is 5.82 Å². The van der Waals surface area contributed by atoms with Gasteiger partial charge in [-0.25, -0.2) is 4.98 Å². The predicted molar refractivity (Wildman–Crippen MR) is 179 cm³/mol. The van der Waals surface area contributed by atoms with E-state index in [0.717, 1.165) is 0 Å². The number of fused-ring (bicyclic) bond motifs is 4. The number of pyridine rings is 1. The number of alkyl halides is 3. The van der Waals surface area contributed by atoms with Crippen LogP contribution in [0.15, 0.2) is 66.4 Å². The number of benzene rings is 2. The molecule has 4 aliphatic rings. The van der Waals surface area contributed by atoms with E-state index in [0.29, 0.717) is 39.9 Å². The van der Waals surface area contributed by atoms with Crippen LogP contribution in [0.1, 0.15) is 48.8 Å². The molecule has 266 valence electrons. The Hall–Kier alpha value is -4.62. The minimum absolute atomic E-state index is 0.0437. The number of amides is 4. The highest BCUT2D eigenvalue weighted by Crippen LogP contribution is 2.66. The second kappa shape index (κ2) is 12.6. The Kier molecular flexibility index (Phi) is 8.57. The Balaban J connectivity index is 1.46. The number of hydrazine groups is 1. The van der Waals surface area contributed by atoms with Gasteiger partial charge < -0.3 is 9.84 Å². The number of carbonyl (C=O) groups excluding carboxylic acids is 4. The number of allylic oxidation sites excluding steroid dienone is 2. The first-order chi connectivity index (χ1) is 24.2. The summed E-state index contributed by atoms with van der Waals surface area (Å²) >= 11 is 12.5. The number of ether oxygens (including phenoxy) is 1. The third kappa shape index (κ3) is 5.18. The first kappa shape index (κ1) is 34.8. The molecule has 0 spiro atoms. The monoisotopic (exact) mass is 742 g/mol. The van der Waals surface area contributed by atoms with Gasteiger partial charge in [-0.2, -0.15) is 18.2 Å². The Labute approximate surface area is 300 Å². The van der Waals surface area contributed by atoms with E-state index in [1.54, 1.807) is 36.4 Å². The van der Waals surface area contributed by atoms with E-state index in [-0.39, 0.29) is 54.1 Å². The molecule has 2 aliphatic carbocycles. The van der Waals surface area contributed by atoms with Crippen LogP contribution in [-0.4, -0.2) is 57.3 Å². The van der Waals surface area contributed by atoms with Crippen LogP contribution in [-0.2, 0) is 30.8 Å². The van der Waals surface area contributed by atoms with Crippen molar-refractivity contribution in [2.75, 3.05) is 19.1 Å². The highest BCUT2D eigenvalue weighted by molar-refractivity contribution is 6.33. The number of nitrogens with zero attached hydrogens (tertiary/aromatic N) is 3. The lowest BCUT2D eigenvalue weighted by Gasteiger charge is -2.50. The number of methoxy groups -OCH3 is 1. The van der Waals surface area contributed by atoms with Crippen LogP contribution < -0.4 is 10.2 Å². The third-order valence-corrected chi connectivity index (χ3v) is 11.2. The summed E-state index contributed by atoms with van der Waals surface area (Å²) in [5, 5.41) is 12.1. The number of hydrogen-bond acceptors (Lipinski definition) is 8. The second-order valence-corrected chi connectivity index (χ2v) is 14.0.